The number of hydrogen-bond donors (Lipinski definition) is 2. The fourth-order valence-electron chi connectivity index (χ4n) is 2.66. The van der Waals surface area contributed by atoms with Crippen molar-refractivity contribution in [2.75, 3.05) is 27.3 Å². The normalized spacial score (nSPS) is 20.7. The highest BCUT2D eigenvalue weighted by Crippen LogP contribution is 2.29. The lowest BCUT2D eigenvalue weighted by molar-refractivity contribution is 0.0868. The Hall–Kier alpha value is -1.75. The fraction of sp³-hybridized carbons (Fsp3) is 0.562. The van der Waals surface area contributed by atoms with E-state index in [0.29, 0.717) is 17.1 Å². The van der Waals surface area contributed by atoms with Crippen molar-refractivity contribution in [2.45, 2.75) is 26.3 Å². The van der Waals surface area contributed by atoms with Crippen molar-refractivity contribution in [3.8, 4) is 11.5 Å². The molecule has 1 atom stereocenters. The van der Waals surface area contributed by atoms with E-state index in [1.54, 1.807) is 32.4 Å². The predicted molar refractivity (Wildman–Crippen MR) is 82.1 cm³/mol. The maximum atomic E-state index is 12.4. The average Bonchev–Trinajstić information content (AvgIpc) is 2.48. The molecule has 1 aromatic carbocycles. The Kier molecular flexibility index (Phi) is 4.73. The van der Waals surface area contributed by atoms with Crippen molar-refractivity contribution in [2.24, 2.45) is 5.41 Å². The number of benzene rings is 1. The van der Waals surface area contributed by atoms with Crippen LogP contribution >= 0.6 is 0 Å². The summed E-state index contributed by atoms with van der Waals surface area (Å²) >= 11 is 0. The molecule has 5 nitrogen and oxygen atoms in total. The first-order chi connectivity index (χ1) is 9.97. The van der Waals surface area contributed by atoms with Gasteiger partial charge < -0.3 is 20.1 Å². The number of carbonyl (C=O) groups excluding carboxylic acids is 1. The van der Waals surface area contributed by atoms with Crippen LogP contribution in [0.25, 0.3) is 0 Å². The Morgan fingerprint density at radius 1 is 1.29 bits per heavy atom. The highest BCUT2D eigenvalue weighted by molar-refractivity contribution is 5.95. The number of ether oxygens (including phenoxy) is 2. The van der Waals surface area contributed by atoms with Gasteiger partial charge in [0.05, 0.1) is 14.2 Å². The SMILES string of the molecule is COc1ccc(C(=O)NC2CCNCC2(C)C)cc1OC. The smallest absolute Gasteiger partial charge is 0.251 e. The van der Waals surface area contributed by atoms with Crippen LogP contribution < -0.4 is 20.1 Å². The van der Waals surface area contributed by atoms with Crippen LogP contribution in [0.2, 0.25) is 0 Å². The molecule has 1 heterocycles. The summed E-state index contributed by atoms with van der Waals surface area (Å²) in [6, 6.07) is 5.38. The quantitative estimate of drug-likeness (QED) is 0.889. The van der Waals surface area contributed by atoms with E-state index in [4.69, 9.17) is 9.47 Å². The molecule has 1 aliphatic rings. The summed E-state index contributed by atoms with van der Waals surface area (Å²) in [5.41, 5.74) is 0.631. The van der Waals surface area contributed by atoms with Gasteiger partial charge >= 0.3 is 0 Å². The van der Waals surface area contributed by atoms with Gasteiger partial charge in [-0.3, -0.25) is 4.79 Å². The van der Waals surface area contributed by atoms with Crippen LogP contribution in [0.15, 0.2) is 18.2 Å². The maximum Gasteiger partial charge on any atom is 0.251 e. The van der Waals surface area contributed by atoms with Crippen LogP contribution in [-0.4, -0.2) is 39.3 Å². The third-order valence-corrected chi connectivity index (χ3v) is 4.08. The van der Waals surface area contributed by atoms with E-state index in [0.717, 1.165) is 19.5 Å². The molecule has 1 unspecified atom stereocenters. The Morgan fingerprint density at radius 3 is 2.62 bits per heavy atom. The highest BCUT2D eigenvalue weighted by atomic mass is 16.5. The number of carbonyl (C=O) groups is 1. The first-order valence-corrected chi connectivity index (χ1v) is 7.21. The Morgan fingerprint density at radius 2 is 2.00 bits per heavy atom. The Labute approximate surface area is 126 Å². The molecule has 0 bridgehead atoms. The molecule has 0 radical (unpaired) electrons. The van der Waals surface area contributed by atoms with Crippen molar-refractivity contribution >= 4 is 5.91 Å². The van der Waals surface area contributed by atoms with Crippen LogP contribution in [0.4, 0.5) is 0 Å². The summed E-state index contributed by atoms with van der Waals surface area (Å²) in [5.74, 6) is 1.11. The van der Waals surface area contributed by atoms with Gasteiger partial charge in [0, 0.05) is 18.2 Å². The van der Waals surface area contributed by atoms with Gasteiger partial charge in [-0.05, 0) is 36.6 Å². The molecule has 21 heavy (non-hydrogen) atoms. The second-order valence-corrected chi connectivity index (χ2v) is 6.05. The Bertz CT molecular complexity index is 514. The number of amides is 1. The molecule has 1 aliphatic heterocycles. The van der Waals surface area contributed by atoms with Gasteiger partial charge in [0.2, 0.25) is 0 Å². The van der Waals surface area contributed by atoms with Gasteiger partial charge in [-0.2, -0.15) is 0 Å². The van der Waals surface area contributed by atoms with Crippen LogP contribution in [0.1, 0.15) is 30.6 Å². The number of methoxy groups -OCH3 is 2. The van der Waals surface area contributed by atoms with Crippen molar-refractivity contribution < 1.29 is 14.3 Å². The molecule has 1 amide bonds. The highest BCUT2D eigenvalue weighted by Gasteiger charge is 2.33. The van der Waals surface area contributed by atoms with Gasteiger partial charge in [-0.1, -0.05) is 13.8 Å². The first kappa shape index (κ1) is 15.6. The lowest BCUT2D eigenvalue weighted by atomic mass is 9.80. The molecule has 0 aliphatic carbocycles. The molecular formula is C16H24N2O3. The lowest BCUT2D eigenvalue weighted by Gasteiger charge is -2.39. The van der Waals surface area contributed by atoms with E-state index >= 15 is 0 Å². The zero-order chi connectivity index (χ0) is 15.5. The van der Waals surface area contributed by atoms with E-state index in [1.165, 1.54) is 0 Å². The minimum atomic E-state index is -0.0732. The minimum Gasteiger partial charge on any atom is -0.493 e. The summed E-state index contributed by atoms with van der Waals surface area (Å²) in [4.78, 5) is 12.4. The van der Waals surface area contributed by atoms with Crippen LogP contribution in [0.5, 0.6) is 11.5 Å². The van der Waals surface area contributed by atoms with Crippen molar-refractivity contribution in [3.63, 3.8) is 0 Å². The predicted octanol–water partition coefficient (Wildman–Crippen LogP) is 1.82. The lowest BCUT2D eigenvalue weighted by Crippen LogP contribution is -2.54. The largest absolute Gasteiger partial charge is 0.493 e. The number of piperidine rings is 1. The molecule has 1 fully saturated rings. The zero-order valence-corrected chi connectivity index (χ0v) is 13.2. The van der Waals surface area contributed by atoms with Gasteiger partial charge in [0.1, 0.15) is 0 Å². The number of hydrogen-bond acceptors (Lipinski definition) is 4. The van der Waals surface area contributed by atoms with Crippen molar-refractivity contribution in [3.05, 3.63) is 23.8 Å². The molecular weight excluding hydrogens is 268 g/mol. The third kappa shape index (κ3) is 3.47. The van der Waals surface area contributed by atoms with Gasteiger partial charge in [0.15, 0.2) is 11.5 Å². The van der Waals surface area contributed by atoms with Gasteiger partial charge in [0.25, 0.3) is 5.91 Å². The van der Waals surface area contributed by atoms with Gasteiger partial charge in [-0.15, -0.1) is 0 Å². The molecule has 1 saturated heterocycles. The monoisotopic (exact) mass is 292 g/mol. The van der Waals surface area contributed by atoms with Crippen molar-refractivity contribution in [1.82, 2.24) is 10.6 Å². The van der Waals surface area contributed by atoms with E-state index in [1.807, 2.05) is 0 Å². The molecule has 5 heteroatoms. The van der Waals surface area contributed by atoms with E-state index < -0.39 is 0 Å². The molecule has 0 saturated carbocycles. The van der Waals surface area contributed by atoms with Crippen LogP contribution in [0, 0.1) is 5.41 Å². The molecule has 2 rings (SSSR count). The molecule has 2 N–H and O–H groups in total. The average molecular weight is 292 g/mol. The number of nitrogens with one attached hydrogen (secondary N) is 2. The molecule has 0 aromatic heterocycles. The third-order valence-electron chi connectivity index (χ3n) is 4.08. The summed E-state index contributed by atoms with van der Waals surface area (Å²) in [5, 5.41) is 6.50. The summed E-state index contributed by atoms with van der Waals surface area (Å²) in [6.45, 7) is 6.17. The minimum absolute atomic E-state index is 0.0461. The standard InChI is InChI=1S/C16H24N2O3/c1-16(2)10-17-8-7-14(16)18-15(19)11-5-6-12(20-3)13(9-11)21-4/h5-6,9,14,17H,7-8,10H2,1-4H3,(H,18,19). The first-order valence-electron chi connectivity index (χ1n) is 7.21. The summed E-state index contributed by atoms with van der Waals surface area (Å²) in [7, 11) is 3.14. The van der Waals surface area contributed by atoms with E-state index in [-0.39, 0.29) is 17.4 Å². The fourth-order valence-corrected chi connectivity index (χ4v) is 2.66. The maximum absolute atomic E-state index is 12.4. The second-order valence-electron chi connectivity index (χ2n) is 6.05. The molecule has 1 aromatic rings. The van der Waals surface area contributed by atoms with E-state index in [2.05, 4.69) is 24.5 Å². The zero-order valence-electron chi connectivity index (χ0n) is 13.2. The number of rotatable bonds is 4. The topological polar surface area (TPSA) is 59.6 Å². The molecule has 116 valence electrons. The Balaban J connectivity index is 2.13. The second kappa shape index (κ2) is 6.35. The molecule has 0 spiro atoms. The van der Waals surface area contributed by atoms with Crippen LogP contribution in [-0.2, 0) is 0 Å². The summed E-state index contributed by atoms with van der Waals surface area (Å²) in [6.07, 6.45) is 0.937. The van der Waals surface area contributed by atoms with Crippen molar-refractivity contribution in [1.29, 1.82) is 0 Å². The van der Waals surface area contributed by atoms with Gasteiger partial charge in [-0.25, -0.2) is 0 Å². The van der Waals surface area contributed by atoms with E-state index in [9.17, 15) is 4.79 Å². The summed E-state index contributed by atoms with van der Waals surface area (Å²) < 4.78 is 10.4. The van der Waals surface area contributed by atoms with Crippen LogP contribution in [0.3, 0.4) is 0 Å².